The van der Waals surface area contributed by atoms with Gasteiger partial charge < -0.3 is 13.9 Å². The molecule has 0 fully saturated rings. The molecule has 0 spiro atoms. The predicted octanol–water partition coefficient (Wildman–Crippen LogP) is 5.04. The van der Waals surface area contributed by atoms with Crippen molar-refractivity contribution in [3.63, 3.8) is 0 Å². The highest BCUT2D eigenvalue weighted by atomic mass is 16.5. The summed E-state index contributed by atoms with van der Waals surface area (Å²) >= 11 is 0. The monoisotopic (exact) mass is 348 g/mol. The summed E-state index contributed by atoms with van der Waals surface area (Å²) in [5, 5.41) is 0.545. The fourth-order valence-corrected chi connectivity index (χ4v) is 3.15. The molecular formula is C22H20O4. The summed E-state index contributed by atoms with van der Waals surface area (Å²) in [7, 11) is 0. The van der Waals surface area contributed by atoms with Gasteiger partial charge in [0.15, 0.2) is 0 Å². The Morgan fingerprint density at radius 2 is 1.85 bits per heavy atom. The van der Waals surface area contributed by atoms with Gasteiger partial charge in [0, 0.05) is 0 Å². The highest BCUT2D eigenvalue weighted by Crippen LogP contribution is 2.35. The van der Waals surface area contributed by atoms with E-state index in [9.17, 15) is 4.79 Å². The van der Waals surface area contributed by atoms with Crippen LogP contribution >= 0.6 is 0 Å². The Labute approximate surface area is 151 Å². The molecule has 0 unspecified atom stereocenters. The quantitative estimate of drug-likeness (QED) is 0.665. The second-order valence-corrected chi connectivity index (χ2v) is 6.83. The Balaban J connectivity index is 1.82. The highest BCUT2D eigenvalue weighted by Gasteiger charge is 2.24. The van der Waals surface area contributed by atoms with Gasteiger partial charge in [-0.2, -0.15) is 0 Å². The summed E-state index contributed by atoms with van der Waals surface area (Å²) in [5.41, 5.74) is 2.25. The largest absolute Gasteiger partial charge is 0.494 e. The molecule has 1 aromatic heterocycles. The van der Waals surface area contributed by atoms with E-state index in [1.165, 1.54) is 6.26 Å². The molecule has 0 radical (unpaired) electrons. The molecule has 3 aromatic rings. The van der Waals surface area contributed by atoms with E-state index >= 15 is 0 Å². The van der Waals surface area contributed by atoms with E-state index in [2.05, 4.69) is 0 Å². The fraction of sp³-hybridized carbons (Fsp3) is 0.227. The van der Waals surface area contributed by atoms with Gasteiger partial charge in [-0.25, -0.2) is 0 Å². The number of rotatable bonds is 3. The van der Waals surface area contributed by atoms with Gasteiger partial charge in [-0.3, -0.25) is 4.79 Å². The number of hydrogen-bond donors (Lipinski definition) is 0. The zero-order chi connectivity index (χ0) is 18.3. The summed E-state index contributed by atoms with van der Waals surface area (Å²) in [6.45, 7) is 6.52. The van der Waals surface area contributed by atoms with E-state index < -0.39 is 0 Å². The van der Waals surface area contributed by atoms with Crippen molar-refractivity contribution in [2.75, 3.05) is 6.61 Å². The summed E-state index contributed by atoms with van der Waals surface area (Å²) in [4.78, 5) is 13.0. The standard InChI is InChI=1S/C22H20O4/c1-4-24-15-7-5-14(6-8-15)18-13-25-21-16-11-12-22(2,3)26-19(16)10-9-17(21)20(18)23/h5-13H,4H2,1-3H3. The van der Waals surface area contributed by atoms with Crippen molar-refractivity contribution in [2.45, 2.75) is 26.4 Å². The zero-order valence-electron chi connectivity index (χ0n) is 15.0. The Bertz CT molecular complexity index is 1060. The summed E-state index contributed by atoms with van der Waals surface area (Å²) in [6.07, 6.45) is 5.45. The van der Waals surface area contributed by atoms with Crippen molar-refractivity contribution in [3.05, 3.63) is 64.5 Å². The van der Waals surface area contributed by atoms with Crippen LogP contribution in [0.3, 0.4) is 0 Å². The lowest BCUT2D eigenvalue weighted by Gasteiger charge is -2.27. The normalized spacial score (nSPS) is 14.7. The Morgan fingerprint density at radius 3 is 2.58 bits per heavy atom. The molecule has 0 saturated carbocycles. The van der Waals surface area contributed by atoms with Crippen LogP contribution in [0, 0.1) is 0 Å². The third kappa shape index (κ3) is 2.77. The van der Waals surface area contributed by atoms with E-state index in [1.54, 1.807) is 6.07 Å². The summed E-state index contributed by atoms with van der Waals surface area (Å²) in [5.74, 6) is 1.50. The van der Waals surface area contributed by atoms with Crippen molar-refractivity contribution >= 4 is 17.0 Å². The van der Waals surface area contributed by atoms with E-state index in [4.69, 9.17) is 13.9 Å². The molecule has 2 heterocycles. The first-order valence-corrected chi connectivity index (χ1v) is 8.68. The number of fused-ring (bicyclic) bond motifs is 3. The van der Waals surface area contributed by atoms with Crippen LogP contribution < -0.4 is 14.9 Å². The van der Waals surface area contributed by atoms with Gasteiger partial charge in [0.25, 0.3) is 0 Å². The van der Waals surface area contributed by atoms with Gasteiger partial charge in [0.05, 0.1) is 23.1 Å². The molecule has 0 atom stereocenters. The van der Waals surface area contributed by atoms with Crippen LogP contribution in [-0.2, 0) is 0 Å². The SMILES string of the molecule is CCOc1ccc(-c2coc3c4c(ccc3c2=O)OC(C)(C)C=C4)cc1. The lowest BCUT2D eigenvalue weighted by atomic mass is 9.99. The third-order valence-electron chi connectivity index (χ3n) is 4.44. The maximum Gasteiger partial charge on any atom is 0.200 e. The van der Waals surface area contributed by atoms with Crippen LogP contribution in [0.15, 0.2) is 57.9 Å². The minimum absolute atomic E-state index is 0.0588. The van der Waals surface area contributed by atoms with Crippen LogP contribution in [0.5, 0.6) is 11.5 Å². The Morgan fingerprint density at radius 1 is 1.08 bits per heavy atom. The van der Waals surface area contributed by atoms with Crippen molar-refractivity contribution in [2.24, 2.45) is 0 Å². The lowest BCUT2D eigenvalue weighted by Crippen LogP contribution is -2.27. The molecule has 0 amide bonds. The molecule has 4 heteroatoms. The average Bonchev–Trinajstić information content (AvgIpc) is 2.62. The molecule has 0 bridgehead atoms. The zero-order valence-corrected chi connectivity index (χ0v) is 15.0. The maximum atomic E-state index is 13.0. The lowest BCUT2D eigenvalue weighted by molar-refractivity contribution is 0.159. The molecule has 0 saturated heterocycles. The number of hydrogen-bond acceptors (Lipinski definition) is 4. The number of ether oxygens (including phenoxy) is 2. The Kier molecular flexibility index (Phi) is 3.83. The maximum absolute atomic E-state index is 13.0. The fourth-order valence-electron chi connectivity index (χ4n) is 3.15. The van der Waals surface area contributed by atoms with E-state index in [-0.39, 0.29) is 11.0 Å². The molecule has 26 heavy (non-hydrogen) atoms. The topological polar surface area (TPSA) is 48.7 Å². The molecule has 4 rings (SSSR count). The van der Waals surface area contributed by atoms with E-state index in [0.29, 0.717) is 23.1 Å². The third-order valence-corrected chi connectivity index (χ3v) is 4.44. The Hall–Kier alpha value is -3.01. The van der Waals surface area contributed by atoms with Gasteiger partial charge in [-0.05, 0) is 62.8 Å². The van der Waals surface area contributed by atoms with Crippen molar-refractivity contribution in [3.8, 4) is 22.6 Å². The van der Waals surface area contributed by atoms with Crippen LogP contribution in [-0.4, -0.2) is 12.2 Å². The number of benzene rings is 2. The first-order chi connectivity index (χ1) is 12.5. The first-order valence-electron chi connectivity index (χ1n) is 8.68. The van der Waals surface area contributed by atoms with Gasteiger partial charge in [0.2, 0.25) is 5.43 Å². The van der Waals surface area contributed by atoms with E-state index in [0.717, 1.165) is 22.6 Å². The predicted molar refractivity (Wildman–Crippen MR) is 103 cm³/mol. The summed E-state index contributed by atoms with van der Waals surface area (Å²) < 4.78 is 17.3. The molecular weight excluding hydrogens is 328 g/mol. The minimum Gasteiger partial charge on any atom is -0.494 e. The highest BCUT2D eigenvalue weighted by molar-refractivity contribution is 5.91. The molecule has 0 N–H and O–H groups in total. The molecule has 1 aliphatic rings. The van der Waals surface area contributed by atoms with Crippen LogP contribution in [0.25, 0.3) is 28.2 Å². The molecule has 0 aliphatic carbocycles. The summed E-state index contributed by atoms with van der Waals surface area (Å²) in [6, 6.07) is 11.1. The van der Waals surface area contributed by atoms with Gasteiger partial charge in [0.1, 0.15) is 28.9 Å². The van der Waals surface area contributed by atoms with E-state index in [1.807, 2.05) is 63.3 Å². The molecule has 4 nitrogen and oxygen atoms in total. The van der Waals surface area contributed by atoms with Crippen LogP contribution in [0.2, 0.25) is 0 Å². The van der Waals surface area contributed by atoms with Crippen molar-refractivity contribution in [1.29, 1.82) is 0 Å². The van der Waals surface area contributed by atoms with Crippen LogP contribution in [0.4, 0.5) is 0 Å². The second-order valence-electron chi connectivity index (χ2n) is 6.83. The van der Waals surface area contributed by atoms with Gasteiger partial charge in [-0.1, -0.05) is 12.1 Å². The molecule has 1 aliphatic heterocycles. The first kappa shape index (κ1) is 16.5. The van der Waals surface area contributed by atoms with Crippen LogP contribution in [0.1, 0.15) is 26.3 Å². The smallest absolute Gasteiger partial charge is 0.200 e. The van der Waals surface area contributed by atoms with Crippen molar-refractivity contribution < 1.29 is 13.9 Å². The average molecular weight is 348 g/mol. The van der Waals surface area contributed by atoms with Crippen molar-refractivity contribution in [1.82, 2.24) is 0 Å². The molecule has 2 aromatic carbocycles. The van der Waals surface area contributed by atoms with Gasteiger partial charge in [-0.15, -0.1) is 0 Å². The second kappa shape index (κ2) is 6.06. The minimum atomic E-state index is -0.372. The van der Waals surface area contributed by atoms with Gasteiger partial charge >= 0.3 is 0 Å². The molecule has 132 valence electrons.